The van der Waals surface area contributed by atoms with Crippen molar-refractivity contribution < 1.29 is 9.59 Å². The summed E-state index contributed by atoms with van der Waals surface area (Å²) in [6.45, 7) is 7.81. The molecule has 2 aliphatic rings. The number of nitrogens with zero attached hydrogens (tertiary/aromatic N) is 2. The van der Waals surface area contributed by atoms with Gasteiger partial charge in [0.2, 0.25) is 11.8 Å². The lowest BCUT2D eigenvalue weighted by atomic mass is 9.95. The van der Waals surface area contributed by atoms with Crippen molar-refractivity contribution in [3.8, 4) is 0 Å². The number of rotatable bonds is 2. The van der Waals surface area contributed by atoms with Crippen molar-refractivity contribution in [1.82, 2.24) is 9.80 Å². The van der Waals surface area contributed by atoms with Gasteiger partial charge in [-0.05, 0) is 43.4 Å². The number of hydrogen-bond acceptors (Lipinski definition) is 2. The van der Waals surface area contributed by atoms with Gasteiger partial charge in [0.1, 0.15) is 0 Å². The molecule has 3 rings (SSSR count). The van der Waals surface area contributed by atoms with E-state index in [9.17, 15) is 9.59 Å². The highest BCUT2D eigenvalue weighted by Gasteiger charge is 2.40. The first-order valence-electron chi connectivity index (χ1n) is 8.10. The molecule has 1 aromatic carbocycles. The van der Waals surface area contributed by atoms with Crippen LogP contribution in [0.4, 0.5) is 0 Å². The maximum atomic E-state index is 12.7. The van der Waals surface area contributed by atoms with Crippen LogP contribution in [0.25, 0.3) is 0 Å². The Labute approximate surface area is 132 Å². The molecule has 4 heteroatoms. The van der Waals surface area contributed by atoms with Gasteiger partial charge in [-0.2, -0.15) is 0 Å². The Hall–Kier alpha value is -1.84. The third kappa shape index (κ3) is 2.62. The first-order valence-corrected chi connectivity index (χ1v) is 8.10. The molecule has 0 aromatic heterocycles. The van der Waals surface area contributed by atoms with Crippen LogP contribution in [0.1, 0.15) is 42.5 Å². The topological polar surface area (TPSA) is 40.6 Å². The predicted octanol–water partition coefficient (Wildman–Crippen LogP) is 2.45. The molecule has 0 bridgehead atoms. The van der Waals surface area contributed by atoms with Crippen LogP contribution in [0.5, 0.6) is 0 Å². The van der Waals surface area contributed by atoms with Crippen LogP contribution in [0, 0.1) is 19.8 Å². The van der Waals surface area contributed by atoms with Crippen molar-refractivity contribution >= 4 is 11.8 Å². The summed E-state index contributed by atoms with van der Waals surface area (Å²) in [5.41, 5.74) is 3.82. The van der Waals surface area contributed by atoms with Crippen LogP contribution >= 0.6 is 0 Å². The van der Waals surface area contributed by atoms with Gasteiger partial charge in [0.05, 0.1) is 12.0 Å². The minimum atomic E-state index is -0.00366. The molecule has 2 aliphatic heterocycles. The average Bonchev–Trinajstić information content (AvgIpc) is 2.88. The summed E-state index contributed by atoms with van der Waals surface area (Å²) in [5, 5.41) is 0. The normalized spacial score (nSPS) is 21.9. The maximum absolute atomic E-state index is 12.7. The molecule has 4 nitrogen and oxygen atoms in total. The first kappa shape index (κ1) is 15.1. The van der Waals surface area contributed by atoms with Crippen molar-refractivity contribution in [3.05, 3.63) is 34.9 Å². The van der Waals surface area contributed by atoms with Gasteiger partial charge >= 0.3 is 0 Å². The predicted molar refractivity (Wildman–Crippen MR) is 85.3 cm³/mol. The van der Waals surface area contributed by atoms with E-state index >= 15 is 0 Å². The molecular weight excluding hydrogens is 276 g/mol. The summed E-state index contributed by atoms with van der Waals surface area (Å²) in [6, 6.07) is 6.72. The van der Waals surface area contributed by atoms with E-state index < -0.39 is 0 Å². The van der Waals surface area contributed by atoms with Crippen molar-refractivity contribution in [2.45, 2.75) is 39.7 Å². The van der Waals surface area contributed by atoms with Gasteiger partial charge < -0.3 is 9.80 Å². The highest BCUT2D eigenvalue weighted by Crippen LogP contribution is 2.35. The second-order valence-electron chi connectivity index (χ2n) is 6.65. The summed E-state index contributed by atoms with van der Waals surface area (Å²) >= 11 is 0. The molecule has 2 saturated heterocycles. The van der Waals surface area contributed by atoms with Crippen molar-refractivity contribution in [2.24, 2.45) is 5.92 Å². The molecule has 0 aliphatic carbocycles. The van der Waals surface area contributed by atoms with Gasteiger partial charge in [0.15, 0.2) is 0 Å². The van der Waals surface area contributed by atoms with Crippen molar-refractivity contribution in [1.29, 1.82) is 0 Å². The molecule has 2 amide bonds. The quantitative estimate of drug-likeness (QED) is 0.842. The molecule has 2 heterocycles. The third-order valence-electron chi connectivity index (χ3n) is 5.13. The second kappa shape index (κ2) is 5.75. The molecule has 2 fully saturated rings. The number of hydrogen-bond donors (Lipinski definition) is 0. The summed E-state index contributed by atoms with van der Waals surface area (Å²) in [4.78, 5) is 27.8. The molecule has 1 atom stereocenters. The minimum absolute atomic E-state index is 0.00366. The molecule has 0 saturated carbocycles. The van der Waals surface area contributed by atoms with Crippen LogP contribution in [-0.2, 0) is 9.59 Å². The maximum Gasteiger partial charge on any atom is 0.229 e. The molecule has 22 heavy (non-hydrogen) atoms. The van der Waals surface area contributed by atoms with E-state index in [0.717, 1.165) is 19.4 Å². The minimum Gasteiger partial charge on any atom is -0.341 e. The van der Waals surface area contributed by atoms with E-state index in [-0.39, 0.29) is 23.8 Å². The zero-order valence-electron chi connectivity index (χ0n) is 13.6. The summed E-state index contributed by atoms with van der Waals surface area (Å²) < 4.78 is 0. The van der Waals surface area contributed by atoms with Gasteiger partial charge in [0, 0.05) is 26.6 Å². The number of amides is 2. The highest BCUT2D eigenvalue weighted by atomic mass is 16.2. The van der Waals surface area contributed by atoms with Crippen LogP contribution in [-0.4, -0.2) is 41.2 Å². The Morgan fingerprint density at radius 3 is 2.50 bits per heavy atom. The molecule has 118 valence electrons. The first-order chi connectivity index (χ1) is 10.5. The number of likely N-dealkylation sites (tertiary alicyclic amines) is 2. The number of benzene rings is 1. The van der Waals surface area contributed by atoms with Crippen LogP contribution in [0.15, 0.2) is 18.2 Å². The van der Waals surface area contributed by atoms with Crippen molar-refractivity contribution in [2.75, 3.05) is 19.6 Å². The van der Waals surface area contributed by atoms with Gasteiger partial charge in [0.25, 0.3) is 0 Å². The zero-order chi connectivity index (χ0) is 15.9. The van der Waals surface area contributed by atoms with Crippen LogP contribution in [0.3, 0.4) is 0 Å². The number of carbonyl (C=O) groups is 2. The Balaban J connectivity index is 1.72. The summed E-state index contributed by atoms with van der Waals surface area (Å²) in [6.07, 6.45) is 2.10. The smallest absolute Gasteiger partial charge is 0.229 e. The zero-order valence-corrected chi connectivity index (χ0v) is 13.6. The lowest BCUT2D eigenvalue weighted by Gasteiger charge is -2.40. The van der Waals surface area contributed by atoms with Gasteiger partial charge in [-0.1, -0.05) is 18.2 Å². The highest BCUT2D eigenvalue weighted by molar-refractivity contribution is 5.84. The largest absolute Gasteiger partial charge is 0.341 e. The summed E-state index contributed by atoms with van der Waals surface area (Å²) in [5.74, 6) is 0.283. The van der Waals surface area contributed by atoms with E-state index in [1.165, 1.54) is 16.7 Å². The SMILES string of the molecule is CC(=O)N1CC(C(=O)N2CCC[C@H]2c2ccc(C)c(C)c2)C1. The van der Waals surface area contributed by atoms with Gasteiger partial charge in [-0.3, -0.25) is 9.59 Å². The second-order valence-corrected chi connectivity index (χ2v) is 6.65. The third-order valence-corrected chi connectivity index (χ3v) is 5.13. The average molecular weight is 300 g/mol. The van der Waals surface area contributed by atoms with Gasteiger partial charge in [-0.15, -0.1) is 0 Å². The molecule has 0 unspecified atom stereocenters. The Morgan fingerprint density at radius 2 is 1.86 bits per heavy atom. The summed E-state index contributed by atoms with van der Waals surface area (Å²) in [7, 11) is 0. The van der Waals surface area contributed by atoms with E-state index in [1.807, 2.05) is 4.90 Å². The van der Waals surface area contributed by atoms with E-state index in [2.05, 4.69) is 32.0 Å². The van der Waals surface area contributed by atoms with E-state index in [4.69, 9.17) is 0 Å². The lowest BCUT2D eigenvalue weighted by molar-refractivity contribution is -0.148. The van der Waals surface area contributed by atoms with E-state index in [1.54, 1.807) is 11.8 Å². The van der Waals surface area contributed by atoms with Crippen LogP contribution < -0.4 is 0 Å². The Bertz CT molecular complexity index is 605. The van der Waals surface area contributed by atoms with Gasteiger partial charge in [-0.25, -0.2) is 0 Å². The molecule has 0 spiro atoms. The standard InChI is InChI=1S/C18H24N2O2/c1-12-6-7-15(9-13(12)2)17-5-4-8-20(17)18(22)16-10-19(11-16)14(3)21/h6-7,9,16-17H,4-5,8,10-11H2,1-3H3/t17-/m0/s1. The fourth-order valence-electron chi connectivity index (χ4n) is 3.48. The fourth-order valence-corrected chi connectivity index (χ4v) is 3.48. The Kier molecular flexibility index (Phi) is 3.94. The van der Waals surface area contributed by atoms with Crippen molar-refractivity contribution in [3.63, 3.8) is 0 Å². The number of carbonyl (C=O) groups excluding carboxylic acids is 2. The monoisotopic (exact) mass is 300 g/mol. The molecule has 0 radical (unpaired) electrons. The lowest BCUT2D eigenvalue weighted by Crippen LogP contribution is -2.55. The number of aryl methyl sites for hydroxylation is 2. The Morgan fingerprint density at radius 1 is 1.14 bits per heavy atom. The molecule has 1 aromatic rings. The van der Waals surface area contributed by atoms with Crippen LogP contribution in [0.2, 0.25) is 0 Å². The molecule has 0 N–H and O–H groups in total. The van der Waals surface area contributed by atoms with E-state index in [0.29, 0.717) is 13.1 Å². The molecular formula is C18H24N2O2. The fraction of sp³-hybridized carbons (Fsp3) is 0.556.